The minimum absolute atomic E-state index is 0. The topological polar surface area (TPSA) is 79.4 Å². The molecule has 0 aromatic heterocycles. The molecule has 49 heavy (non-hydrogen) atoms. The van der Waals surface area contributed by atoms with Crippen LogP contribution in [0.1, 0.15) is 81.1 Å². The van der Waals surface area contributed by atoms with Crippen LogP contribution in [0.2, 0.25) is 5.02 Å². The molecule has 9 nitrogen and oxygen atoms in total. The van der Waals surface area contributed by atoms with Gasteiger partial charge in [-0.2, -0.15) is 0 Å². The minimum atomic E-state index is -0.466. The molecule has 3 saturated heterocycles. The Morgan fingerprint density at radius 3 is 2.39 bits per heavy atom. The van der Waals surface area contributed by atoms with E-state index in [1.54, 1.807) is 11.8 Å². The number of nitrogens with zero attached hydrogens (tertiary/aromatic N) is 5. The Labute approximate surface area is 306 Å². The molecule has 2 aromatic rings. The predicted octanol–water partition coefficient (Wildman–Crippen LogP) is 7.46. The number of para-hydroxylation sites is 1. The molecule has 0 saturated carbocycles. The maximum absolute atomic E-state index is 14.2. The Morgan fingerprint density at radius 2 is 1.69 bits per heavy atom. The van der Waals surface area contributed by atoms with Gasteiger partial charge >= 0.3 is 6.03 Å². The second kappa shape index (κ2) is 15.1. The summed E-state index contributed by atoms with van der Waals surface area (Å²) >= 11 is 8.60. The lowest BCUT2D eigenvalue weighted by atomic mass is 9.92. The first kappa shape index (κ1) is 35.9. The molecule has 4 heterocycles. The number of piperazine rings is 1. The van der Waals surface area contributed by atoms with E-state index in [0.29, 0.717) is 37.2 Å². The third-order valence-corrected chi connectivity index (χ3v) is 12.4. The molecule has 0 unspecified atom stereocenters. The molecule has 272 valence electrons. The minimum Gasteiger partial charge on any atom is -0.369 e. The van der Waals surface area contributed by atoms with Gasteiger partial charge in [0.15, 0.2) is 0 Å². The van der Waals surface area contributed by atoms with Crippen molar-refractivity contribution >= 4 is 52.6 Å². The van der Waals surface area contributed by atoms with Gasteiger partial charge < -0.3 is 24.9 Å². The van der Waals surface area contributed by atoms with E-state index in [1.165, 1.54) is 0 Å². The van der Waals surface area contributed by atoms with Crippen LogP contribution in [0.5, 0.6) is 0 Å². The number of hydrogen-bond donors (Lipinski definition) is 1. The standard InChI is InChI=1S/C38H53ClN6O3S.3H2/c1-26(2)41-21-23-42(24-22-41)31-12-8-10-29(39)34(31)36-45(20-16-38(3,4)5)35(47)32(49-36)25-33(46)43-17-14-28(15-18-43)44-19-13-27-9-6-7-11-30(27)40-37(44)48;;;/h6-12,26,28,32,36H,13-25H2,1-5H3,(H,40,48);3*1H/t32-,36-;;;/m1.../s1. The van der Waals surface area contributed by atoms with Crippen molar-refractivity contribution in [2.45, 2.75) is 89.4 Å². The van der Waals surface area contributed by atoms with E-state index in [-0.39, 0.29) is 45.4 Å². The summed E-state index contributed by atoms with van der Waals surface area (Å²) in [6, 6.07) is 14.6. The highest BCUT2D eigenvalue weighted by Gasteiger charge is 2.45. The summed E-state index contributed by atoms with van der Waals surface area (Å²) in [5.41, 5.74) is 4.17. The second-order valence-corrected chi connectivity index (χ2v) is 17.2. The molecule has 4 amide bonds. The molecule has 0 spiro atoms. The molecule has 1 N–H and O–H groups in total. The molecule has 2 aromatic carbocycles. The number of nitrogens with one attached hydrogen (secondary N) is 1. The number of likely N-dealkylation sites (tertiary alicyclic amines) is 1. The van der Waals surface area contributed by atoms with E-state index in [2.05, 4.69) is 61.9 Å². The van der Waals surface area contributed by atoms with Crippen LogP contribution in [0.25, 0.3) is 0 Å². The van der Waals surface area contributed by atoms with E-state index < -0.39 is 5.25 Å². The van der Waals surface area contributed by atoms with E-state index in [1.807, 2.05) is 45.0 Å². The zero-order valence-electron chi connectivity index (χ0n) is 29.8. The molecular weight excluding hydrogens is 656 g/mol. The normalized spacial score (nSPS) is 22.8. The fourth-order valence-electron chi connectivity index (χ4n) is 7.61. The SMILES string of the molecule is CC(C)N1CCN(c2cccc(Cl)c2[C@H]2S[C@H](CC(=O)N3CCC(N4CCc5ccccc5NC4=O)CC3)C(=O)N2CCC(C)(C)C)CC1.[HH].[HH].[HH]. The predicted molar refractivity (Wildman–Crippen MR) is 207 cm³/mol. The Morgan fingerprint density at radius 1 is 0.980 bits per heavy atom. The van der Waals surface area contributed by atoms with Crippen molar-refractivity contribution in [3.63, 3.8) is 0 Å². The molecule has 6 rings (SSSR count). The van der Waals surface area contributed by atoms with Gasteiger partial charge in [-0.3, -0.25) is 14.5 Å². The van der Waals surface area contributed by atoms with Gasteiger partial charge in [-0.15, -0.1) is 11.8 Å². The van der Waals surface area contributed by atoms with E-state index in [0.717, 1.165) is 74.4 Å². The zero-order chi connectivity index (χ0) is 34.9. The second-order valence-electron chi connectivity index (χ2n) is 15.5. The molecule has 2 atom stereocenters. The lowest BCUT2D eigenvalue weighted by Crippen LogP contribution is -2.50. The van der Waals surface area contributed by atoms with Crippen LogP contribution in [0.4, 0.5) is 16.2 Å². The van der Waals surface area contributed by atoms with Crippen molar-refractivity contribution < 1.29 is 18.7 Å². The number of thioether (sulfide) groups is 1. The van der Waals surface area contributed by atoms with Crippen LogP contribution in [-0.4, -0.2) is 107 Å². The number of carbonyl (C=O) groups excluding carboxylic acids is 3. The van der Waals surface area contributed by atoms with Gasteiger partial charge in [-0.25, -0.2) is 4.79 Å². The summed E-state index contributed by atoms with van der Waals surface area (Å²) < 4.78 is 0. The van der Waals surface area contributed by atoms with Crippen LogP contribution in [-0.2, 0) is 16.0 Å². The van der Waals surface area contributed by atoms with Crippen LogP contribution in [0.15, 0.2) is 42.5 Å². The van der Waals surface area contributed by atoms with Crippen molar-refractivity contribution in [2.75, 3.05) is 62.6 Å². The fraction of sp³-hybridized carbons (Fsp3) is 0.605. The Kier molecular flexibility index (Phi) is 11.1. The number of hydrogen-bond acceptors (Lipinski definition) is 6. The summed E-state index contributed by atoms with van der Waals surface area (Å²) in [5, 5.41) is 3.03. The summed E-state index contributed by atoms with van der Waals surface area (Å²) in [6.45, 7) is 17.3. The molecule has 0 aliphatic carbocycles. The molecule has 0 bridgehead atoms. The molecule has 4 aliphatic rings. The average Bonchev–Trinajstić information content (AvgIpc) is 3.26. The number of amides is 4. The van der Waals surface area contributed by atoms with E-state index in [4.69, 9.17) is 11.6 Å². The first-order chi connectivity index (χ1) is 23.4. The molecular formula is C38H59ClN6O3S. The quantitative estimate of drug-likeness (QED) is 0.306. The number of urea groups is 1. The number of benzene rings is 2. The van der Waals surface area contributed by atoms with Crippen LogP contribution >= 0.6 is 23.4 Å². The Hall–Kier alpha value is -2.95. The average molecular weight is 715 g/mol. The van der Waals surface area contributed by atoms with Gasteiger partial charge in [0, 0.05) is 97.1 Å². The maximum Gasteiger partial charge on any atom is 0.322 e. The maximum atomic E-state index is 14.2. The first-order valence-electron chi connectivity index (χ1n) is 18.1. The molecule has 11 heteroatoms. The van der Waals surface area contributed by atoms with Crippen molar-refractivity contribution in [1.82, 2.24) is 19.6 Å². The summed E-state index contributed by atoms with van der Waals surface area (Å²) in [5.74, 6) is 0.0384. The molecule has 3 fully saturated rings. The van der Waals surface area contributed by atoms with Gasteiger partial charge in [-0.05, 0) is 68.7 Å². The zero-order valence-corrected chi connectivity index (χ0v) is 31.4. The number of fused-ring (bicyclic) bond motifs is 1. The number of halogens is 1. The Balaban J connectivity index is 0.00000243. The Bertz CT molecular complexity index is 1530. The monoisotopic (exact) mass is 714 g/mol. The van der Waals surface area contributed by atoms with Gasteiger partial charge in [0.25, 0.3) is 0 Å². The smallest absolute Gasteiger partial charge is 0.322 e. The van der Waals surface area contributed by atoms with Gasteiger partial charge in [-0.1, -0.05) is 56.6 Å². The highest BCUT2D eigenvalue weighted by Crippen LogP contribution is 2.50. The lowest BCUT2D eigenvalue weighted by Gasteiger charge is -2.40. The fourth-order valence-corrected chi connectivity index (χ4v) is 9.49. The van der Waals surface area contributed by atoms with Crippen molar-refractivity contribution in [3.05, 3.63) is 58.6 Å². The number of piperidine rings is 1. The van der Waals surface area contributed by atoms with E-state index in [9.17, 15) is 14.4 Å². The number of anilines is 2. The van der Waals surface area contributed by atoms with Gasteiger partial charge in [0.2, 0.25) is 11.8 Å². The van der Waals surface area contributed by atoms with Gasteiger partial charge in [0.1, 0.15) is 5.37 Å². The van der Waals surface area contributed by atoms with Gasteiger partial charge in [0.05, 0.1) is 5.25 Å². The molecule has 0 radical (unpaired) electrons. The number of carbonyl (C=O) groups is 3. The van der Waals surface area contributed by atoms with Crippen molar-refractivity contribution in [3.8, 4) is 0 Å². The van der Waals surface area contributed by atoms with Crippen molar-refractivity contribution in [1.29, 1.82) is 0 Å². The molecule has 4 aliphatic heterocycles. The van der Waals surface area contributed by atoms with Crippen LogP contribution in [0, 0.1) is 5.41 Å². The summed E-state index contributed by atoms with van der Waals surface area (Å²) in [7, 11) is 0. The third-order valence-electron chi connectivity index (χ3n) is 10.7. The summed E-state index contributed by atoms with van der Waals surface area (Å²) in [6.07, 6.45) is 3.29. The van der Waals surface area contributed by atoms with Crippen molar-refractivity contribution in [2.24, 2.45) is 5.41 Å². The first-order valence-corrected chi connectivity index (χ1v) is 19.4. The third kappa shape index (κ3) is 8.18. The van der Waals surface area contributed by atoms with Crippen LogP contribution < -0.4 is 10.2 Å². The summed E-state index contributed by atoms with van der Waals surface area (Å²) in [4.78, 5) is 51.8. The van der Waals surface area contributed by atoms with E-state index >= 15 is 0 Å². The van der Waals surface area contributed by atoms with Crippen LogP contribution in [0.3, 0.4) is 0 Å². The lowest BCUT2D eigenvalue weighted by molar-refractivity contribution is -0.137. The number of rotatable bonds is 8. The largest absolute Gasteiger partial charge is 0.369 e. The highest BCUT2D eigenvalue weighted by atomic mass is 35.5. The highest BCUT2D eigenvalue weighted by molar-refractivity contribution is 8.01.